The van der Waals surface area contributed by atoms with Gasteiger partial charge in [-0.3, -0.25) is 9.10 Å². The number of hydrogen-bond acceptors (Lipinski definition) is 4. The predicted molar refractivity (Wildman–Crippen MR) is 91.6 cm³/mol. The molecule has 0 aliphatic carbocycles. The number of furan rings is 1. The number of carbonyl (C=O) groups is 1. The van der Waals surface area contributed by atoms with Gasteiger partial charge >= 0.3 is 0 Å². The Bertz CT molecular complexity index is 783. The molecule has 0 radical (unpaired) electrons. The normalized spacial score (nSPS) is 16.2. The zero-order chi connectivity index (χ0) is 17.0. The zero-order valence-corrected chi connectivity index (χ0v) is 14.1. The van der Waals surface area contributed by atoms with Gasteiger partial charge in [0.25, 0.3) is 5.91 Å². The van der Waals surface area contributed by atoms with Crippen LogP contribution in [-0.4, -0.2) is 33.2 Å². The Morgan fingerprint density at radius 2 is 2.00 bits per heavy atom. The van der Waals surface area contributed by atoms with Gasteiger partial charge in [0.1, 0.15) is 5.76 Å². The number of benzene rings is 1. The van der Waals surface area contributed by atoms with Gasteiger partial charge in [0, 0.05) is 25.1 Å². The first-order valence-corrected chi connectivity index (χ1v) is 9.58. The molecule has 1 aromatic heterocycles. The average molecular weight is 348 g/mol. The zero-order valence-electron chi connectivity index (χ0n) is 13.3. The summed E-state index contributed by atoms with van der Waals surface area (Å²) in [4.78, 5) is 12.1. The molecule has 3 rings (SSSR count). The molecule has 1 aromatic carbocycles. The van der Waals surface area contributed by atoms with E-state index in [-0.39, 0.29) is 11.7 Å². The Labute approximate surface area is 141 Å². The van der Waals surface area contributed by atoms with Crippen molar-refractivity contribution in [2.24, 2.45) is 0 Å². The summed E-state index contributed by atoms with van der Waals surface area (Å²) in [5.74, 6) is 0.927. The van der Waals surface area contributed by atoms with Gasteiger partial charge in [-0.15, -0.1) is 0 Å². The minimum absolute atomic E-state index is 0.162. The third kappa shape index (κ3) is 3.79. The first-order valence-electron chi connectivity index (χ1n) is 7.97. The second-order valence-corrected chi connectivity index (χ2v) is 7.74. The summed E-state index contributed by atoms with van der Waals surface area (Å²) < 4.78 is 30.4. The van der Waals surface area contributed by atoms with Crippen LogP contribution in [0, 0.1) is 0 Å². The molecule has 0 saturated carbocycles. The SMILES string of the molecule is O=C(NCCCc1ccco1)c1ccc(N2CCCS2(=O)=O)cc1. The van der Waals surface area contributed by atoms with E-state index >= 15 is 0 Å². The molecule has 24 heavy (non-hydrogen) atoms. The number of anilines is 1. The predicted octanol–water partition coefficient (Wildman–Crippen LogP) is 2.18. The van der Waals surface area contributed by atoms with E-state index in [9.17, 15) is 13.2 Å². The van der Waals surface area contributed by atoms with E-state index < -0.39 is 10.0 Å². The molecule has 1 fully saturated rings. The van der Waals surface area contributed by atoms with Crippen molar-refractivity contribution >= 4 is 21.6 Å². The molecule has 1 aliphatic rings. The molecule has 6 nitrogen and oxygen atoms in total. The molecule has 0 bridgehead atoms. The summed E-state index contributed by atoms with van der Waals surface area (Å²) in [5.41, 5.74) is 1.13. The van der Waals surface area contributed by atoms with E-state index in [4.69, 9.17) is 4.42 Å². The van der Waals surface area contributed by atoms with Crippen molar-refractivity contribution in [3.05, 3.63) is 54.0 Å². The maximum absolute atomic E-state index is 12.1. The Hall–Kier alpha value is -2.28. The first-order chi connectivity index (χ1) is 11.6. The lowest BCUT2D eigenvalue weighted by atomic mass is 10.2. The minimum atomic E-state index is -3.19. The molecule has 128 valence electrons. The number of carbonyl (C=O) groups excluding carboxylic acids is 1. The number of nitrogens with one attached hydrogen (secondary N) is 1. The fourth-order valence-electron chi connectivity index (χ4n) is 2.73. The monoisotopic (exact) mass is 348 g/mol. The second-order valence-electron chi connectivity index (χ2n) is 5.73. The lowest BCUT2D eigenvalue weighted by Gasteiger charge is -2.17. The van der Waals surface area contributed by atoms with Crippen LogP contribution in [0.1, 0.15) is 29.0 Å². The fourth-order valence-corrected chi connectivity index (χ4v) is 4.29. The number of amides is 1. The number of nitrogens with zero attached hydrogens (tertiary/aromatic N) is 1. The molecule has 2 heterocycles. The van der Waals surface area contributed by atoms with Crippen molar-refractivity contribution < 1.29 is 17.6 Å². The molecular weight excluding hydrogens is 328 g/mol. The van der Waals surface area contributed by atoms with Crippen LogP contribution < -0.4 is 9.62 Å². The third-order valence-electron chi connectivity index (χ3n) is 3.98. The maximum Gasteiger partial charge on any atom is 0.251 e. The van der Waals surface area contributed by atoms with E-state index in [1.807, 2.05) is 12.1 Å². The molecule has 0 atom stereocenters. The highest BCUT2D eigenvalue weighted by molar-refractivity contribution is 7.93. The lowest BCUT2D eigenvalue weighted by Crippen LogP contribution is -2.26. The van der Waals surface area contributed by atoms with Crippen LogP contribution in [0.3, 0.4) is 0 Å². The Balaban J connectivity index is 1.52. The maximum atomic E-state index is 12.1. The Kier molecular flexibility index (Phi) is 4.89. The quantitative estimate of drug-likeness (QED) is 0.812. The van der Waals surface area contributed by atoms with Crippen molar-refractivity contribution in [3.63, 3.8) is 0 Å². The fraction of sp³-hybridized carbons (Fsp3) is 0.353. The van der Waals surface area contributed by atoms with Crippen molar-refractivity contribution in [2.75, 3.05) is 23.1 Å². The molecule has 0 unspecified atom stereocenters. The smallest absolute Gasteiger partial charge is 0.251 e. The summed E-state index contributed by atoms with van der Waals surface area (Å²) in [6.07, 6.45) is 3.85. The van der Waals surface area contributed by atoms with Crippen molar-refractivity contribution in [1.29, 1.82) is 0 Å². The summed E-state index contributed by atoms with van der Waals surface area (Å²) >= 11 is 0. The van der Waals surface area contributed by atoms with E-state index in [1.165, 1.54) is 4.31 Å². The van der Waals surface area contributed by atoms with Gasteiger partial charge in [0.15, 0.2) is 0 Å². The van der Waals surface area contributed by atoms with Gasteiger partial charge in [-0.1, -0.05) is 0 Å². The van der Waals surface area contributed by atoms with Crippen LogP contribution in [0.25, 0.3) is 0 Å². The summed E-state index contributed by atoms with van der Waals surface area (Å²) in [6.45, 7) is 1.06. The second kappa shape index (κ2) is 7.09. The number of sulfonamides is 1. The number of rotatable bonds is 6. The molecule has 7 heteroatoms. The molecule has 1 aliphatic heterocycles. The number of hydrogen-bond donors (Lipinski definition) is 1. The highest BCUT2D eigenvalue weighted by Gasteiger charge is 2.28. The standard InChI is InChI=1S/C17H20N2O4S/c20-17(18-10-1-4-16-5-2-12-23-16)14-6-8-15(9-7-14)19-11-3-13-24(19,21)22/h2,5-9,12H,1,3-4,10-11,13H2,(H,18,20). The van der Waals surface area contributed by atoms with Gasteiger partial charge in [0.2, 0.25) is 10.0 Å². The third-order valence-corrected chi connectivity index (χ3v) is 5.85. The van der Waals surface area contributed by atoms with E-state index in [0.29, 0.717) is 30.8 Å². The minimum Gasteiger partial charge on any atom is -0.469 e. The highest BCUT2D eigenvalue weighted by atomic mass is 32.2. The van der Waals surface area contributed by atoms with Crippen molar-refractivity contribution in [3.8, 4) is 0 Å². The Morgan fingerprint density at radius 3 is 2.62 bits per heavy atom. The van der Waals surface area contributed by atoms with Crippen molar-refractivity contribution in [2.45, 2.75) is 19.3 Å². The highest BCUT2D eigenvalue weighted by Crippen LogP contribution is 2.24. The van der Waals surface area contributed by atoms with Crippen LogP contribution >= 0.6 is 0 Å². The van der Waals surface area contributed by atoms with Gasteiger partial charge in [-0.2, -0.15) is 0 Å². The first kappa shape index (κ1) is 16.6. The summed E-state index contributed by atoms with van der Waals surface area (Å²) in [6, 6.07) is 10.4. The van der Waals surface area contributed by atoms with Crippen LogP contribution in [-0.2, 0) is 16.4 Å². The van der Waals surface area contributed by atoms with E-state index in [2.05, 4.69) is 5.32 Å². The Morgan fingerprint density at radius 1 is 1.21 bits per heavy atom. The van der Waals surface area contributed by atoms with Crippen LogP contribution in [0.5, 0.6) is 0 Å². The largest absolute Gasteiger partial charge is 0.469 e. The molecule has 1 saturated heterocycles. The molecule has 2 aromatic rings. The molecule has 0 spiro atoms. The number of aryl methyl sites for hydroxylation is 1. The van der Waals surface area contributed by atoms with Crippen LogP contribution in [0.2, 0.25) is 0 Å². The van der Waals surface area contributed by atoms with Crippen LogP contribution in [0.4, 0.5) is 5.69 Å². The van der Waals surface area contributed by atoms with Crippen molar-refractivity contribution in [1.82, 2.24) is 5.32 Å². The van der Waals surface area contributed by atoms with Crippen LogP contribution in [0.15, 0.2) is 47.1 Å². The lowest BCUT2D eigenvalue weighted by molar-refractivity contribution is 0.0953. The average Bonchev–Trinajstić information content (AvgIpc) is 3.20. The molecular formula is C17H20N2O4S. The van der Waals surface area contributed by atoms with Gasteiger partial charge in [0.05, 0.1) is 17.7 Å². The molecule has 1 amide bonds. The van der Waals surface area contributed by atoms with Gasteiger partial charge in [-0.05, 0) is 49.2 Å². The van der Waals surface area contributed by atoms with Gasteiger partial charge < -0.3 is 9.73 Å². The topological polar surface area (TPSA) is 79.6 Å². The summed E-state index contributed by atoms with van der Waals surface area (Å²) in [5, 5.41) is 2.85. The van der Waals surface area contributed by atoms with E-state index in [1.54, 1.807) is 30.5 Å². The molecule has 1 N–H and O–H groups in total. The summed E-state index contributed by atoms with van der Waals surface area (Å²) in [7, 11) is -3.19. The van der Waals surface area contributed by atoms with Gasteiger partial charge in [-0.25, -0.2) is 8.42 Å². The van der Waals surface area contributed by atoms with E-state index in [0.717, 1.165) is 18.6 Å².